The standard InChI is InChI=1S/C23H27N3O7/c1-12-19-15(14-6-7-16(30-2)21(26(28)29)20(14)24-19)8-9-25(12)23(27)13-10-17(31-3)22(33-5)18(11-13)32-4/h6-7,10-12,24,26,28H,8-9H2,1-5H3. The van der Waals surface area contributed by atoms with Gasteiger partial charge in [0.2, 0.25) is 11.4 Å². The number of hydrogen-bond donors (Lipinski definition) is 3. The lowest BCUT2D eigenvalue weighted by Crippen LogP contribution is -2.99. The lowest BCUT2D eigenvalue weighted by atomic mass is 9.97. The molecule has 0 spiro atoms. The fourth-order valence-corrected chi connectivity index (χ4v) is 4.56. The summed E-state index contributed by atoms with van der Waals surface area (Å²) in [6.07, 6.45) is 0.585. The van der Waals surface area contributed by atoms with E-state index in [-0.39, 0.29) is 23.4 Å². The fraction of sp³-hybridized carbons (Fsp3) is 0.348. The van der Waals surface area contributed by atoms with E-state index in [9.17, 15) is 15.2 Å². The molecule has 1 aliphatic heterocycles. The summed E-state index contributed by atoms with van der Waals surface area (Å²) in [5.41, 5.74) is 2.81. The van der Waals surface area contributed by atoms with E-state index in [0.717, 1.165) is 16.6 Å². The quantitative estimate of drug-likeness (QED) is 0.486. The fourth-order valence-electron chi connectivity index (χ4n) is 4.56. The molecule has 0 saturated carbocycles. The van der Waals surface area contributed by atoms with Crippen LogP contribution in [0.1, 0.15) is 34.6 Å². The number of carbonyl (C=O) groups is 1. The van der Waals surface area contributed by atoms with E-state index in [1.807, 2.05) is 13.0 Å². The maximum atomic E-state index is 13.5. The van der Waals surface area contributed by atoms with E-state index >= 15 is 0 Å². The van der Waals surface area contributed by atoms with Crippen LogP contribution in [0.2, 0.25) is 0 Å². The van der Waals surface area contributed by atoms with E-state index < -0.39 is 5.23 Å². The van der Waals surface area contributed by atoms with Crippen molar-refractivity contribution in [3.05, 3.63) is 46.3 Å². The van der Waals surface area contributed by atoms with Gasteiger partial charge in [-0.25, -0.2) is 5.21 Å². The number of nitrogens with zero attached hydrogens (tertiary/aromatic N) is 1. The van der Waals surface area contributed by atoms with Gasteiger partial charge in [0.1, 0.15) is 5.52 Å². The summed E-state index contributed by atoms with van der Waals surface area (Å²) < 4.78 is 21.4. The van der Waals surface area contributed by atoms with Gasteiger partial charge in [-0.1, -0.05) is 0 Å². The van der Waals surface area contributed by atoms with Gasteiger partial charge >= 0.3 is 0 Å². The number of benzene rings is 2. The Labute approximate surface area is 190 Å². The number of H-pyrrole nitrogens is 1. The second kappa shape index (κ2) is 8.81. The number of fused-ring (bicyclic) bond motifs is 3. The van der Waals surface area contributed by atoms with Gasteiger partial charge in [-0.15, -0.1) is 0 Å². The molecule has 10 nitrogen and oxygen atoms in total. The summed E-state index contributed by atoms with van der Waals surface area (Å²) >= 11 is 0. The number of carbonyl (C=O) groups excluding carboxylic acids is 1. The van der Waals surface area contributed by atoms with Crippen LogP contribution in [-0.2, 0) is 6.42 Å². The van der Waals surface area contributed by atoms with E-state index in [2.05, 4.69) is 4.98 Å². The smallest absolute Gasteiger partial charge is 0.254 e. The van der Waals surface area contributed by atoms with Crippen molar-refractivity contribution in [3.8, 4) is 23.0 Å². The topological polar surface area (TPSA) is 121 Å². The summed E-state index contributed by atoms with van der Waals surface area (Å²) in [7, 11) is 5.95. The zero-order chi connectivity index (χ0) is 23.9. The summed E-state index contributed by atoms with van der Waals surface area (Å²) in [6.45, 7) is 2.39. The average Bonchev–Trinajstić information content (AvgIpc) is 3.21. The molecule has 1 aliphatic rings. The number of nitrogens with one attached hydrogen (secondary N) is 2. The molecule has 3 N–H and O–H groups in total. The second-order valence-electron chi connectivity index (χ2n) is 7.73. The minimum Gasteiger partial charge on any atom is -0.595 e. The number of aromatic amines is 1. The van der Waals surface area contributed by atoms with Crippen LogP contribution >= 0.6 is 0 Å². The number of amides is 1. The van der Waals surface area contributed by atoms with Crippen molar-refractivity contribution in [2.24, 2.45) is 0 Å². The minimum absolute atomic E-state index is 0.0825. The predicted octanol–water partition coefficient (Wildman–Crippen LogP) is 2.37. The lowest BCUT2D eigenvalue weighted by molar-refractivity contribution is -0.990. The number of ether oxygens (including phenoxy) is 4. The molecule has 0 saturated heterocycles. The third-order valence-corrected chi connectivity index (χ3v) is 6.17. The van der Waals surface area contributed by atoms with Crippen LogP contribution < -0.4 is 24.2 Å². The lowest BCUT2D eigenvalue weighted by Gasteiger charge is -2.34. The first kappa shape index (κ1) is 22.7. The molecule has 1 aromatic heterocycles. The first-order chi connectivity index (χ1) is 15.9. The van der Waals surface area contributed by atoms with E-state index in [4.69, 9.17) is 18.9 Å². The molecule has 33 heavy (non-hydrogen) atoms. The molecule has 0 bridgehead atoms. The minimum atomic E-state index is -1.07. The molecule has 2 unspecified atom stereocenters. The third-order valence-electron chi connectivity index (χ3n) is 6.17. The van der Waals surface area contributed by atoms with Crippen LogP contribution in [0.15, 0.2) is 24.3 Å². The monoisotopic (exact) mass is 457 g/mol. The number of methoxy groups -OCH3 is 4. The highest BCUT2D eigenvalue weighted by atomic mass is 16.8. The molecule has 0 aliphatic carbocycles. The molecule has 0 radical (unpaired) electrons. The maximum absolute atomic E-state index is 13.5. The Kier molecular flexibility index (Phi) is 6.07. The summed E-state index contributed by atoms with van der Waals surface area (Å²) in [5.74, 6) is 1.30. The number of quaternary nitrogens is 1. The van der Waals surface area contributed by atoms with E-state index in [0.29, 0.717) is 41.3 Å². The van der Waals surface area contributed by atoms with Crippen LogP contribution in [-0.4, -0.2) is 56.0 Å². The highest BCUT2D eigenvalue weighted by Crippen LogP contribution is 2.41. The average molecular weight is 457 g/mol. The Morgan fingerprint density at radius 3 is 2.27 bits per heavy atom. The van der Waals surface area contributed by atoms with Crippen LogP contribution in [0.4, 0.5) is 5.69 Å². The maximum Gasteiger partial charge on any atom is 0.254 e. The normalized spacial score (nSPS) is 16.3. The highest BCUT2D eigenvalue weighted by Gasteiger charge is 2.33. The van der Waals surface area contributed by atoms with Crippen LogP contribution in [0.3, 0.4) is 0 Å². The van der Waals surface area contributed by atoms with Crippen molar-refractivity contribution < 1.29 is 34.2 Å². The van der Waals surface area contributed by atoms with Crippen LogP contribution in [0.25, 0.3) is 10.9 Å². The van der Waals surface area contributed by atoms with E-state index in [1.54, 1.807) is 23.1 Å². The zero-order valence-corrected chi connectivity index (χ0v) is 19.1. The van der Waals surface area contributed by atoms with Gasteiger partial charge in [0, 0.05) is 23.2 Å². The Bertz CT molecular complexity index is 1180. The van der Waals surface area contributed by atoms with Gasteiger partial charge in [0.25, 0.3) is 5.91 Å². The molecule has 2 aromatic carbocycles. The summed E-state index contributed by atoms with van der Waals surface area (Å²) in [6, 6.07) is 6.48. The van der Waals surface area contributed by atoms with Crippen molar-refractivity contribution in [3.63, 3.8) is 0 Å². The molecule has 176 valence electrons. The van der Waals surface area contributed by atoms with Gasteiger partial charge in [0.05, 0.1) is 34.5 Å². The Balaban J connectivity index is 1.75. The van der Waals surface area contributed by atoms with Crippen molar-refractivity contribution in [2.75, 3.05) is 35.0 Å². The molecule has 2 atom stereocenters. The number of aromatic nitrogens is 1. The first-order valence-corrected chi connectivity index (χ1v) is 10.4. The molecule has 4 rings (SSSR count). The van der Waals surface area contributed by atoms with Crippen molar-refractivity contribution in [1.29, 1.82) is 0 Å². The van der Waals surface area contributed by atoms with Gasteiger partial charge in [-0.05, 0) is 43.2 Å². The van der Waals surface area contributed by atoms with Gasteiger partial charge in [0.15, 0.2) is 17.2 Å². The van der Waals surface area contributed by atoms with Crippen LogP contribution in [0.5, 0.6) is 23.0 Å². The van der Waals surface area contributed by atoms with Gasteiger partial charge in [-0.3, -0.25) is 4.79 Å². The van der Waals surface area contributed by atoms with Crippen molar-refractivity contribution in [2.45, 2.75) is 19.4 Å². The molecule has 0 fully saturated rings. The predicted molar refractivity (Wildman–Crippen MR) is 120 cm³/mol. The molecule has 3 aromatic rings. The Morgan fingerprint density at radius 2 is 1.73 bits per heavy atom. The SMILES string of the molecule is COc1cc(C(=O)N2CCc3c([nH]c4c([NH+]([O-])O)c(OC)ccc34)C2C)cc(OC)c1OC. The highest BCUT2D eigenvalue weighted by molar-refractivity contribution is 5.98. The van der Waals surface area contributed by atoms with Gasteiger partial charge in [-0.2, -0.15) is 5.23 Å². The molecule has 1 amide bonds. The largest absolute Gasteiger partial charge is 0.595 e. The van der Waals surface area contributed by atoms with E-state index in [1.165, 1.54) is 28.4 Å². The van der Waals surface area contributed by atoms with Gasteiger partial charge < -0.3 is 34.0 Å². The number of hydrogen-bond acceptors (Lipinski definition) is 7. The zero-order valence-electron chi connectivity index (χ0n) is 19.1. The molecule has 10 heteroatoms. The van der Waals surface area contributed by atoms with Crippen molar-refractivity contribution >= 4 is 22.5 Å². The molecule has 2 heterocycles. The Morgan fingerprint density at radius 1 is 1.09 bits per heavy atom. The second-order valence-corrected chi connectivity index (χ2v) is 7.73. The summed E-state index contributed by atoms with van der Waals surface area (Å²) in [5, 5.41) is 21.4. The van der Waals surface area contributed by atoms with Crippen LogP contribution in [0, 0.1) is 5.21 Å². The summed E-state index contributed by atoms with van der Waals surface area (Å²) in [4.78, 5) is 18.5. The van der Waals surface area contributed by atoms with Crippen molar-refractivity contribution in [1.82, 2.24) is 9.88 Å². The Hall–Kier alpha value is -3.47. The number of rotatable bonds is 6. The third kappa shape index (κ3) is 3.62. The first-order valence-electron chi connectivity index (χ1n) is 10.4. The molecular formula is C23H27N3O7. The molecular weight excluding hydrogens is 430 g/mol.